The lowest BCUT2D eigenvalue weighted by atomic mass is 9.90. The van der Waals surface area contributed by atoms with Gasteiger partial charge in [0.2, 0.25) is 0 Å². The Kier molecular flexibility index (Phi) is 18.8. The molecule has 0 radical (unpaired) electrons. The van der Waals surface area contributed by atoms with Crippen LogP contribution in [0.15, 0.2) is 36.4 Å². The topological polar surface area (TPSA) is 98.8 Å². The summed E-state index contributed by atoms with van der Waals surface area (Å²) in [6.07, 6.45) is -0.0911. The number of hydrogen-bond acceptors (Lipinski definition) is 9. The number of carbonyl (C=O) groups is 2. The maximum Gasteiger partial charge on any atom is 0.454 e. The summed E-state index contributed by atoms with van der Waals surface area (Å²) >= 11 is 28.1. The summed E-state index contributed by atoms with van der Waals surface area (Å²) in [4.78, 5) is 20.8. The summed E-state index contributed by atoms with van der Waals surface area (Å²) < 4.78 is 116. The zero-order valence-corrected chi connectivity index (χ0v) is 33.8. The van der Waals surface area contributed by atoms with Crippen LogP contribution in [0.4, 0.5) is 13.2 Å². The molecule has 53 heavy (non-hydrogen) atoms. The molecular weight excluding hydrogens is 809 g/mol. The second kappa shape index (κ2) is 24.5. The average Bonchev–Trinajstić information content (AvgIpc) is 3.38. The third-order valence-corrected chi connectivity index (χ3v) is 8.79. The van der Waals surface area contributed by atoms with Gasteiger partial charge in [-0.05, 0) is 83.3 Å². The summed E-state index contributed by atoms with van der Waals surface area (Å²) in [7, 11) is 6.28. The normalized spacial score (nSPS) is 15.9. The summed E-state index contributed by atoms with van der Waals surface area (Å²) in [5.41, 5.74) is -1.77. The van der Waals surface area contributed by atoms with E-state index in [-0.39, 0.29) is 37.5 Å². The molecule has 0 unspecified atom stereocenters. The van der Waals surface area contributed by atoms with Gasteiger partial charge in [0.05, 0.1) is 41.9 Å². The zero-order valence-electron chi connectivity index (χ0n) is 36.0. The minimum atomic E-state index is -2.68. The number of aldehydes is 2. The van der Waals surface area contributed by atoms with Gasteiger partial charge in [0.15, 0.2) is 18.9 Å². The van der Waals surface area contributed by atoms with Crippen molar-refractivity contribution in [2.24, 2.45) is 0 Å². The van der Waals surface area contributed by atoms with Gasteiger partial charge in [-0.25, -0.2) is 13.2 Å². The quantitative estimate of drug-likeness (QED) is 0.0949. The summed E-state index contributed by atoms with van der Waals surface area (Å²) in [5, 5.41) is 0.0997. The first-order valence-electron chi connectivity index (χ1n) is 17.7. The van der Waals surface area contributed by atoms with E-state index in [4.69, 9.17) is 85.0 Å². The highest BCUT2D eigenvalue weighted by atomic mass is 35.5. The molecule has 1 heterocycles. The second-order valence-corrected chi connectivity index (χ2v) is 12.9. The molecule has 3 aromatic rings. The molecule has 4 rings (SSSR count). The molecule has 9 nitrogen and oxygen atoms in total. The van der Waals surface area contributed by atoms with E-state index in [1.807, 2.05) is 27.7 Å². The van der Waals surface area contributed by atoms with Crippen molar-refractivity contribution in [3.8, 4) is 0 Å². The van der Waals surface area contributed by atoms with Crippen molar-refractivity contribution < 1.29 is 64.0 Å². The monoisotopic (exact) mass is 856 g/mol. The van der Waals surface area contributed by atoms with Gasteiger partial charge < -0.3 is 33.0 Å². The molecular formula is C35H43BCl5F3O9. The van der Waals surface area contributed by atoms with Gasteiger partial charge in [0.25, 0.3) is 6.48 Å². The molecule has 18 heteroatoms. The number of rotatable bonds is 8. The molecule has 0 spiro atoms. The maximum atomic E-state index is 13.1. The highest BCUT2D eigenvalue weighted by Crippen LogP contribution is 2.36. The lowest BCUT2D eigenvalue weighted by Gasteiger charge is -2.32. The molecule has 0 aliphatic carbocycles. The molecule has 1 saturated heterocycles. The van der Waals surface area contributed by atoms with E-state index < -0.39 is 67.7 Å². The van der Waals surface area contributed by atoms with Crippen LogP contribution in [0.3, 0.4) is 0 Å². The van der Waals surface area contributed by atoms with Crippen LogP contribution < -0.4 is 0 Å². The van der Waals surface area contributed by atoms with E-state index in [1.54, 1.807) is 0 Å². The summed E-state index contributed by atoms with van der Waals surface area (Å²) in [5.74, 6) is -2.14. The molecule has 0 amide bonds. The Labute approximate surface area is 342 Å². The van der Waals surface area contributed by atoms with Crippen molar-refractivity contribution >= 4 is 77.7 Å². The summed E-state index contributed by atoms with van der Waals surface area (Å²) in [6, 6.07) is 7.07. The number of hydrogen-bond donors (Lipinski definition) is 0. The van der Waals surface area contributed by atoms with E-state index in [9.17, 15) is 22.8 Å². The van der Waals surface area contributed by atoms with Crippen molar-refractivity contribution in [1.29, 1.82) is 0 Å². The molecule has 0 aromatic heterocycles. The zero-order chi connectivity index (χ0) is 46.3. The van der Waals surface area contributed by atoms with Gasteiger partial charge in [0, 0.05) is 54.9 Å². The minimum Gasteiger partial charge on any atom is -0.403 e. The van der Waals surface area contributed by atoms with Crippen LogP contribution in [0, 0.1) is 24.3 Å². The van der Waals surface area contributed by atoms with Gasteiger partial charge in [-0.1, -0.05) is 58.0 Å². The summed E-state index contributed by atoms with van der Waals surface area (Å²) in [6.45, 7) is 1.94. The van der Waals surface area contributed by atoms with Crippen molar-refractivity contribution in [3.05, 3.63) is 101 Å². The molecule has 0 atom stereocenters. The first-order valence-corrected chi connectivity index (χ1v) is 16.6. The van der Waals surface area contributed by atoms with E-state index in [2.05, 4.69) is 14.2 Å². The SMILES string of the molecule is COC(OC)OC.COC(OC)c1c(Cl)ccc(F)c1Cl.O=Cc1c(Cl)ccc(F)c1Cl.[2H]C([2H])([2H])B1OC(C)(C)C(C)(C)O1.[2H]C([2H])([2H])c1c(F)ccc(Cl)c1C=O. The largest absolute Gasteiger partial charge is 0.454 e. The fourth-order valence-corrected chi connectivity index (χ4v) is 4.77. The number of ether oxygens (including phenoxy) is 5. The molecule has 3 aromatic carbocycles. The Morgan fingerprint density at radius 1 is 0.660 bits per heavy atom. The van der Waals surface area contributed by atoms with Crippen LogP contribution in [0.1, 0.15) is 74.1 Å². The molecule has 0 bridgehead atoms. The van der Waals surface area contributed by atoms with Crippen molar-refractivity contribution in [3.63, 3.8) is 0 Å². The molecule has 1 aliphatic rings. The van der Waals surface area contributed by atoms with Gasteiger partial charge in [-0.3, -0.25) is 9.59 Å². The van der Waals surface area contributed by atoms with Crippen LogP contribution in [0.2, 0.25) is 31.9 Å². The Hall–Kier alpha value is -1.98. The molecule has 1 fully saturated rings. The van der Waals surface area contributed by atoms with Crippen LogP contribution in [0.25, 0.3) is 0 Å². The fraction of sp³-hybridized carbons (Fsp3) is 0.429. The van der Waals surface area contributed by atoms with E-state index in [0.717, 1.165) is 18.2 Å². The third kappa shape index (κ3) is 15.6. The van der Waals surface area contributed by atoms with Gasteiger partial charge >= 0.3 is 7.12 Å². The highest BCUT2D eigenvalue weighted by molar-refractivity contribution is 6.43. The fourth-order valence-electron chi connectivity index (χ4n) is 3.56. The van der Waals surface area contributed by atoms with E-state index in [0.29, 0.717) is 16.9 Å². The van der Waals surface area contributed by atoms with Gasteiger partial charge in [-0.2, -0.15) is 0 Å². The number of methoxy groups -OCH3 is 5. The maximum absolute atomic E-state index is 13.1. The minimum absolute atomic E-state index is 0.00617. The molecule has 1 aliphatic heterocycles. The third-order valence-electron chi connectivity index (χ3n) is 7.03. The van der Waals surface area contributed by atoms with Crippen molar-refractivity contribution in [2.45, 2.75) is 65.3 Å². The lowest BCUT2D eigenvalue weighted by Crippen LogP contribution is -2.41. The van der Waals surface area contributed by atoms with Crippen LogP contribution in [-0.2, 0) is 33.0 Å². The van der Waals surface area contributed by atoms with Gasteiger partial charge in [-0.15, -0.1) is 0 Å². The highest BCUT2D eigenvalue weighted by Gasteiger charge is 2.48. The predicted octanol–water partition coefficient (Wildman–Crippen LogP) is 10.9. The Balaban J connectivity index is 0.000000725. The molecule has 0 saturated carbocycles. The number of carbonyl (C=O) groups excluding carboxylic acids is 2. The Bertz CT molecular complexity index is 1800. The average molecular weight is 859 g/mol. The lowest BCUT2D eigenvalue weighted by molar-refractivity contribution is -0.252. The molecule has 296 valence electrons. The van der Waals surface area contributed by atoms with Crippen LogP contribution in [0.5, 0.6) is 0 Å². The second-order valence-electron chi connectivity index (χ2n) is 11.0. The first kappa shape index (κ1) is 40.7. The van der Waals surface area contributed by atoms with Gasteiger partial charge in [0.1, 0.15) is 17.5 Å². The smallest absolute Gasteiger partial charge is 0.403 e. The predicted molar refractivity (Wildman–Crippen MR) is 203 cm³/mol. The van der Waals surface area contributed by atoms with Crippen LogP contribution in [-0.4, -0.2) is 72.9 Å². The van der Waals surface area contributed by atoms with E-state index >= 15 is 0 Å². The number of benzene rings is 3. The van der Waals surface area contributed by atoms with Crippen molar-refractivity contribution in [2.75, 3.05) is 35.5 Å². The van der Waals surface area contributed by atoms with Crippen molar-refractivity contribution in [1.82, 2.24) is 0 Å². The molecule has 0 N–H and O–H groups in total. The Morgan fingerprint density at radius 3 is 1.40 bits per heavy atom. The van der Waals surface area contributed by atoms with E-state index in [1.165, 1.54) is 53.7 Å². The first-order chi connectivity index (χ1) is 27.1. The number of halogens is 8. The van der Waals surface area contributed by atoms with Crippen LogP contribution >= 0.6 is 58.0 Å². The Morgan fingerprint density at radius 2 is 1.08 bits per heavy atom. The standard InChI is InChI=1S/C9H9Cl2FO2.C8H6ClFO.C7H15BO2.C7H3Cl2FO.C4H10O3/c1-13-9(14-2)7-5(10)3-4-6(12)8(7)11;1-5-6(4-11)7(9)2-3-8(5)10;1-6(2)7(3,4)10-8(5)9-6;8-5-1-2-6(10)7(9)4(5)3-11;1-5-4(6-2)7-3/h3-4,9H,1-2H3;2-4H,1H3;1-5H3;1-3H;4H,1-3H3/i;1D3;5D3;;.